The number of anilines is 1. The number of carbonyl (C=O) groups is 1. The summed E-state index contributed by atoms with van der Waals surface area (Å²) in [5.74, 6) is 1.20. The van der Waals surface area contributed by atoms with Crippen LogP contribution in [0.3, 0.4) is 0 Å². The van der Waals surface area contributed by atoms with E-state index in [1.807, 2.05) is 60.7 Å². The summed E-state index contributed by atoms with van der Waals surface area (Å²) in [5, 5.41) is 7.54. The van der Waals surface area contributed by atoms with Crippen molar-refractivity contribution in [3.63, 3.8) is 0 Å². The number of para-hydroxylation sites is 2. The Bertz CT molecular complexity index is 1680. The average molecular weight is 522 g/mol. The van der Waals surface area contributed by atoms with Crippen molar-refractivity contribution in [2.45, 2.75) is 12.8 Å². The van der Waals surface area contributed by atoms with Gasteiger partial charge < -0.3 is 25.1 Å². The summed E-state index contributed by atoms with van der Waals surface area (Å²) < 4.78 is 10.7. The number of benzene rings is 4. The van der Waals surface area contributed by atoms with E-state index in [0.29, 0.717) is 33.1 Å². The third kappa shape index (κ3) is 5.78. The Morgan fingerprint density at radius 2 is 1.46 bits per heavy atom. The molecule has 1 amide bonds. The number of rotatable bonds is 10. The molecule has 7 nitrogen and oxygen atoms in total. The number of hydrogen-bond acceptors (Lipinski definition) is 5. The van der Waals surface area contributed by atoms with Gasteiger partial charge in [-0.05, 0) is 85.6 Å². The molecule has 0 unspecified atom stereocenters. The number of nitrogens with one attached hydrogen (secondary N) is 3. The molecule has 0 atom stereocenters. The van der Waals surface area contributed by atoms with Crippen LogP contribution in [0.15, 0.2) is 89.7 Å². The Balaban J connectivity index is 1.17. The number of amides is 1. The molecule has 39 heavy (non-hydrogen) atoms. The van der Waals surface area contributed by atoms with Crippen molar-refractivity contribution < 1.29 is 14.3 Å². The molecule has 1 aromatic heterocycles. The molecule has 5 aromatic rings. The number of fused-ring (bicyclic) bond motifs is 2. The first kappa shape index (κ1) is 26.0. The molecule has 1 heterocycles. The summed E-state index contributed by atoms with van der Waals surface area (Å²) in [5.41, 5.74) is 4.64. The Labute approximate surface area is 226 Å². The second-order valence-corrected chi connectivity index (χ2v) is 9.32. The third-order valence-electron chi connectivity index (χ3n) is 6.83. The molecular weight excluding hydrogens is 490 g/mol. The number of carbonyl (C=O) groups excluding carboxylic acids is 1. The number of hydrogen-bond donors (Lipinski definition) is 3. The first-order chi connectivity index (χ1) is 19.1. The van der Waals surface area contributed by atoms with Gasteiger partial charge in [-0.2, -0.15) is 0 Å². The Morgan fingerprint density at radius 3 is 2.23 bits per heavy atom. The van der Waals surface area contributed by atoms with Crippen LogP contribution >= 0.6 is 0 Å². The van der Waals surface area contributed by atoms with Crippen molar-refractivity contribution in [1.29, 1.82) is 0 Å². The van der Waals surface area contributed by atoms with Gasteiger partial charge in [0.25, 0.3) is 5.91 Å². The van der Waals surface area contributed by atoms with E-state index in [2.05, 4.69) is 15.6 Å². The lowest BCUT2D eigenvalue weighted by molar-refractivity contribution is 0.102. The highest BCUT2D eigenvalue weighted by Gasteiger charge is 2.14. The molecule has 0 aliphatic heterocycles. The number of H-pyrrole nitrogens is 1. The van der Waals surface area contributed by atoms with Crippen molar-refractivity contribution in [3.8, 4) is 11.5 Å². The number of methoxy groups -OCH3 is 2. The second-order valence-electron chi connectivity index (χ2n) is 9.32. The summed E-state index contributed by atoms with van der Waals surface area (Å²) in [6.07, 6.45) is 1.76. The van der Waals surface area contributed by atoms with Crippen LogP contribution in [0.1, 0.15) is 21.5 Å². The molecule has 0 saturated carbocycles. The van der Waals surface area contributed by atoms with Crippen LogP contribution in [0.25, 0.3) is 21.8 Å². The van der Waals surface area contributed by atoms with Gasteiger partial charge in [0, 0.05) is 22.0 Å². The molecule has 0 bridgehead atoms. The molecule has 0 aliphatic rings. The summed E-state index contributed by atoms with van der Waals surface area (Å²) in [4.78, 5) is 29.4. The summed E-state index contributed by atoms with van der Waals surface area (Å²) in [6, 6.07) is 26.4. The van der Waals surface area contributed by atoms with E-state index >= 15 is 0 Å². The van der Waals surface area contributed by atoms with Crippen LogP contribution in [0.2, 0.25) is 0 Å². The molecule has 4 aromatic carbocycles. The fraction of sp³-hybridized carbons (Fsp3) is 0.188. The van der Waals surface area contributed by atoms with E-state index in [-0.39, 0.29) is 11.3 Å². The average Bonchev–Trinajstić information content (AvgIpc) is 2.97. The van der Waals surface area contributed by atoms with E-state index in [0.717, 1.165) is 37.4 Å². The maximum atomic E-state index is 13.1. The normalized spacial score (nSPS) is 11.0. The first-order valence-corrected chi connectivity index (χ1v) is 12.9. The third-order valence-corrected chi connectivity index (χ3v) is 6.83. The van der Waals surface area contributed by atoms with Crippen molar-refractivity contribution >= 4 is 33.4 Å². The van der Waals surface area contributed by atoms with Crippen molar-refractivity contribution in [1.82, 2.24) is 10.3 Å². The standard InChI is InChI=1S/C32H31N3O4/c1-38-28-15-12-22(20-29(28)39-2)17-19-33-18-16-21-10-13-23(14-11-21)34-32(37)26-8-5-7-25-30(26)35-27-9-4-3-6-24(27)31(25)36/h3-15,20,33H,16-19H2,1-2H3,(H,34,37)(H,35,36). The predicted octanol–water partition coefficient (Wildman–Crippen LogP) is 5.33. The number of pyridine rings is 1. The van der Waals surface area contributed by atoms with E-state index in [4.69, 9.17) is 9.47 Å². The van der Waals surface area contributed by atoms with Gasteiger partial charge in [-0.25, -0.2) is 0 Å². The van der Waals surface area contributed by atoms with Crippen molar-refractivity contribution in [3.05, 3.63) is 112 Å². The summed E-state index contributed by atoms with van der Waals surface area (Å²) >= 11 is 0. The highest BCUT2D eigenvalue weighted by Crippen LogP contribution is 2.27. The van der Waals surface area contributed by atoms with E-state index < -0.39 is 0 Å². The minimum atomic E-state index is -0.267. The molecule has 0 saturated heterocycles. The zero-order valence-electron chi connectivity index (χ0n) is 22.0. The van der Waals surface area contributed by atoms with Gasteiger partial charge in [0.1, 0.15) is 0 Å². The predicted molar refractivity (Wildman–Crippen MR) is 156 cm³/mol. The van der Waals surface area contributed by atoms with Gasteiger partial charge in [0.2, 0.25) is 0 Å². The highest BCUT2D eigenvalue weighted by molar-refractivity contribution is 6.13. The summed E-state index contributed by atoms with van der Waals surface area (Å²) in [6.45, 7) is 1.70. The molecular formula is C32H31N3O4. The quantitative estimate of drug-likeness (QED) is 0.171. The highest BCUT2D eigenvalue weighted by atomic mass is 16.5. The van der Waals surface area contributed by atoms with Crippen LogP contribution < -0.4 is 25.5 Å². The lowest BCUT2D eigenvalue weighted by Gasteiger charge is -2.11. The zero-order valence-corrected chi connectivity index (χ0v) is 22.0. The SMILES string of the molecule is COc1ccc(CCNCCc2ccc(NC(=O)c3cccc4c(=O)c5ccccc5[nH]c34)cc2)cc1OC. The van der Waals surface area contributed by atoms with Gasteiger partial charge in [0.15, 0.2) is 16.9 Å². The van der Waals surface area contributed by atoms with Crippen molar-refractivity contribution in [2.24, 2.45) is 0 Å². The fourth-order valence-corrected chi connectivity index (χ4v) is 4.72. The summed E-state index contributed by atoms with van der Waals surface area (Å²) in [7, 11) is 3.28. The monoisotopic (exact) mass is 521 g/mol. The molecule has 7 heteroatoms. The van der Waals surface area contributed by atoms with Crippen LogP contribution in [0.5, 0.6) is 11.5 Å². The minimum Gasteiger partial charge on any atom is -0.493 e. The maximum Gasteiger partial charge on any atom is 0.257 e. The fourth-order valence-electron chi connectivity index (χ4n) is 4.72. The molecule has 5 rings (SSSR count). The van der Waals surface area contributed by atoms with Crippen LogP contribution in [0, 0.1) is 0 Å². The molecule has 0 fully saturated rings. The maximum absolute atomic E-state index is 13.1. The number of ether oxygens (including phenoxy) is 2. The first-order valence-electron chi connectivity index (χ1n) is 12.9. The van der Waals surface area contributed by atoms with Crippen LogP contribution in [0.4, 0.5) is 5.69 Å². The Hall–Kier alpha value is -4.62. The van der Waals surface area contributed by atoms with Crippen LogP contribution in [-0.4, -0.2) is 38.2 Å². The van der Waals surface area contributed by atoms with Gasteiger partial charge in [0.05, 0.1) is 25.3 Å². The largest absolute Gasteiger partial charge is 0.493 e. The van der Waals surface area contributed by atoms with E-state index in [1.165, 1.54) is 11.1 Å². The Morgan fingerprint density at radius 1 is 0.769 bits per heavy atom. The van der Waals surface area contributed by atoms with Gasteiger partial charge in [-0.15, -0.1) is 0 Å². The van der Waals surface area contributed by atoms with Gasteiger partial charge in [-0.1, -0.05) is 36.4 Å². The minimum absolute atomic E-state index is 0.0873. The zero-order chi connectivity index (χ0) is 27.2. The lowest BCUT2D eigenvalue weighted by Crippen LogP contribution is -2.20. The number of aromatic amines is 1. The number of aromatic nitrogens is 1. The van der Waals surface area contributed by atoms with Gasteiger partial charge >= 0.3 is 0 Å². The molecule has 0 radical (unpaired) electrons. The Kier molecular flexibility index (Phi) is 7.89. The second kappa shape index (κ2) is 11.8. The topological polar surface area (TPSA) is 92.5 Å². The molecule has 0 spiro atoms. The van der Waals surface area contributed by atoms with Crippen molar-refractivity contribution in [2.75, 3.05) is 32.6 Å². The smallest absolute Gasteiger partial charge is 0.257 e. The van der Waals surface area contributed by atoms with Gasteiger partial charge in [-0.3, -0.25) is 9.59 Å². The molecule has 3 N–H and O–H groups in total. The van der Waals surface area contributed by atoms with Crippen LogP contribution in [-0.2, 0) is 12.8 Å². The lowest BCUT2D eigenvalue weighted by atomic mass is 10.1. The van der Waals surface area contributed by atoms with E-state index in [9.17, 15) is 9.59 Å². The molecule has 0 aliphatic carbocycles. The molecule has 198 valence electrons. The van der Waals surface area contributed by atoms with E-state index in [1.54, 1.807) is 38.5 Å².